The molecule has 0 radical (unpaired) electrons. The molecule has 0 saturated carbocycles. The van der Waals surface area contributed by atoms with Crippen molar-refractivity contribution >= 4 is 27.8 Å². The number of carboxylic acids is 1. The van der Waals surface area contributed by atoms with Gasteiger partial charge in [0.15, 0.2) is 35.3 Å². The predicted octanol–water partition coefficient (Wildman–Crippen LogP) is 2.63. The number of carboxylic acid groups (broad SMARTS) is 1. The predicted molar refractivity (Wildman–Crippen MR) is 158 cm³/mol. The smallest absolute Gasteiger partial charge is 0.335 e. The van der Waals surface area contributed by atoms with E-state index in [2.05, 4.69) is 15.0 Å². The number of H-pyrrole nitrogens is 1. The van der Waals surface area contributed by atoms with Crippen LogP contribution in [0.25, 0.3) is 21.8 Å². The van der Waals surface area contributed by atoms with Crippen molar-refractivity contribution in [2.24, 2.45) is 0 Å². The number of fused-ring (bicyclic) bond motifs is 2. The van der Waals surface area contributed by atoms with E-state index in [1.54, 1.807) is 24.3 Å². The van der Waals surface area contributed by atoms with Crippen LogP contribution >= 0.6 is 0 Å². The molecule has 5 N–H and O–H groups in total. The van der Waals surface area contributed by atoms with E-state index in [4.69, 9.17) is 18.9 Å². The summed E-state index contributed by atoms with van der Waals surface area (Å²) in [6.07, 6.45) is -3.98. The van der Waals surface area contributed by atoms with Crippen LogP contribution in [-0.4, -0.2) is 110 Å². The maximum Gasteiger partial charge on any atom is 0.335 e. The Morgan fingerprint density at radius 3 is 2.56 bits per heavy atom. The molecule has 4 aromatic rings. The highest BCUT2D eigenvalue weighted by Crippen LogP contribution is 2.38. The van der Waals surface area contributed by atoms with Gasteiger partial charge in [-0.3, -0.25) is 4.48 Å². The molecule has 2 fully saturated rings. The molecule has 0 bridgehead atoms. The van der Waals surface area contributed by atoms with Crippen LogP contribution in [0, 0.1) is 12.7 Å². The summed E-state index contributed by atoms with van der Waals surface area (Å²) < 4.78 is 38.8. The zero-order chi connectivity index (χ0) is 31.9. The fraction of sp³-hybridized carbons (Fsp3) is 0.452. The molecule has 2 saturated heterocycles. The van der Waals surface area contributed by atoms with Crippen molar-refractivity contribution in [1.29, 1.82) is 0 Å². The number of rotatable bonds is 10. The van der Waals surface area contributed by atoms with Gasteiger partial charge in [-0.1, -0.05) is 0 Å². The summed E-state index contributed by atoms with van der Waals surface area (Å²) in [5.41, 5.74) is 1.98. The van der Waals surface area contributed by atoms with Crippen LogP contribution < -0.4 is 14.2 Å². The SMILES string of the molecule is COc1cc2c(Oc3ccc4[nH]c(C)cc4c3F)ncnc2cc1OCCC[N+]1([C@H]2O[C@H](C(=O)O)[C@@H](O)[C@H](O)[C@H]2O)CCCC1. The minimum absolute atomic E-state index is 0.0172. The number of hydrogen-bond donors (Lipinski definition) is 5. The average Bonchev–Trinajstić information content (AvgIpc) is 3.66. The molecular formula is C31H36FN4O9+. The number of nitrogens with zero attached hydrogens (tertiary/aromatic N) is 3. The Balaban J connectivity index is 1.17. The lowest BCUT2D eigenvalue weighted by molar-refractivity contribution is -0.968. The van der Waals surface area contributed by atoms with Crippen molar-refractivity contribution in [3.8, 4) is 23.1 Å². The molecule has 13 nitrogen and oxygen atoms in total. The van der Waals surface area contributed by atoms with Crippen molar-refractivity contribution in [1.82, 2.24) is 15.0 Å². The number of hydrogen-bond acceptors (Lipinski definition) is 10. The lowest BCUT2D eigenvalue weighted by Gasteiger charge is -2.48. The third-order valence-electron chi connectivity index (χ3n) is 8.76. The van der Waals surface area contributed by atoms with Crippen LogP contribution in [0.15, 0.2) is 36.7 Å². The molecule has 0 unspecified atom stereocenters. The molecule has 2 aliphatic heterocycles. The summed E-state index contributed by atoms with van der Waals surface area (Å²) in [7, 11) is 1.49. The first-order chi connectivity index (χ1) is 21.6. The summed E-state index contributed by atoms with van der Waals surface area (Å²) in [5.74, 6) is -0.947. The molecule has 2 aromatic carbocycles. The highest BCUT2D eigenvalue weighted by atomic mass is 19.1. The number of quaternary nitrogens is 1. The van der Waals surface area contributed by atoms with Gasteiger partial charge in [0.05, 0.1) is 44.3 Å². The van der Waals surface area contributed by atoms with Crippen molar-refractivity contribution < 1.29 is 53.0 Å². The van der Waals surface area contributed by atoms with Crippen LogP contribution in [-0.2, 0) is 9.53 Å². The fourth-order valence-corrected chi connectivity index (χ4v) is 6.52. The van der Waals surface area contributed by atoms with Crippen LogP contribution in [0.3, 0.4) is 0 Å². The number of aryl methyl sites for hydroxylation is 1. The Bertz CT molecular complexity index is 1710. The Kier molecular flexibility index (Phi) is 8.50. The molecule has 0 amide bonds. The van der Waals surface area contributed by atoms with E-state index in [1.165, 1.54) is 19.5 Å². The van der Waals surface area contributed by atoms with E-state index in [1.807, 2.05) is 6.92 Å². The molecule has 5 atom stereocenters. The van der Waals surface area contributed by atoms with Gasteiger partial charge in [-0.15, -0.1) is 0 Å². The Morgan fingerprint density at radius 1 is 1.04 bits per heavy atom. The number of aliphatic carboxylic acids is 1. The zero-order valence-corrected chi connectivity index (χ0v) is 24.9. The van der Waals surface area contributed by atoms with Gasteiger partial charge in [0, 0.05) is 41.9 Å². The Labute approximate surface area is 257 Å². The van der Waals surface area contributed by atoms with Crippen molar-refractivity contribution in [2.45, 2.75) is 56.8 Å². The quantitative estimate of drug-likeness (QED) is 0.129. The van der Waals surface area contributed by atoms with Crippen LogP contribution in [0.1, 0.15) is 25.0 Å². The number of aliphatic hydroxyl groups excluding tert-OH is 3. The highest BCUT2D eigenvalue weighted by molar-refractivity contribution is 5.87. The molecule has 4 heterocycles. The largest absolute Gasteiger partial charge is 0.493 e. The molecule has 45 heavy (non-hydrogen) atoms. The van der Waals surface area contributed by atoms with E-state index in [-0.39, 0.29) is 22.7 Å². The zero-order valence-electron chi connectivity index (χ0n) is 24.9. The minimum Gasteiger partial charge on any atom is -0.493 e. The molecule has 0 aliphatic carbocycles. The first kappa shape index (κ1) is 30.9. The van der Waals surface area contributed by atoms with Crippen molar-refractivity contribution in [3.05, 3.63) is 48.2 Å². The number of ether oxygens (including phenoxy) is 4. The fourth-order valence-electron chi connectivity index (χ4n) is 6.52. The third kappa shape index (κ3) is 5.75. The number of methoxy groups -OCH3 is 1. The van der Waals surface area contributed by atoms with Gasteiger partial charge >= 0.3 is 5.97 Å². The van der Waals surface area contributed by atoms with Crippen LogP contribution in [0.4, 0.5) is 4.39 Å². The number of halogens is 1. The van der Waals surface area contributed by atoms with Gasteiger partial charge in [0.25, 0.3) is 0 Å². The Morgan fingerprint density at radius 2 is 1.82 bits per heavy atom. The lowest BCUT2D eigenvalue weighted by Crippen LogP contribution is -2.70. The lowest BCUT2D eigenvalue weighted by atomic mass is 9.96. The summed E-state index contributed by atoms with van der Waals surface area (Å²) >= 11 is 0. The monoisotopic (exact) mass is 627 g/mol. The van der Waals surface area contributed by atoms with Gasteiger partial charge in [0.2, 0.25) is 12.1 Å². The van der Waals surface area contributed by atoms with E-state index >= 15 is 4.39 Å². The summed E-state index contributed by atoms with van der Waals surface area (Å²) in [6, 6.07) is 8.33. The van der Waals surface area contributed by atoms with E-state index < -0.39 is 42.4 Å². The van der Waals surface area contributed by atoms with Gasteiger partial charge in [-0.2, -0.15) is 0 Å². The highest BCUT2D eigenvalue weighted by Gasteiger charge is 2.55. The van der Waals surface area contributed by atoms with E-state index in [0.717, 1.165) is 18.5 Å². The number of likely N-dealkylation sites (tertiary alicyclic amines) is 1. The second kappa shape index (κ2) is 12.4. The molecular weight excluding hydrogens is 591 g/mol. The van der Waals surface area contributed by atoms with Gasteiger partial charge in [-0.25, -0.2) is 19.2 Å². The molecule has 0 spiro atoms. The molecule has 14 heteroatoms. The second-order valence-electron chi connectivity index (χ2n) is 11.6. The topological polar surface area (TPSA) is 176 Å². The Hall–Kier alpha value is -4.08. The number of benzene rings is 2. The maximum atomic E-state index is 15.2. The second-order valence-corrected chi connectivity index (χ2v) is 11.6. The summed E-state index contributed by atoms with van der Waals surface area (Å²) in [5, 5.41) is 41.7. The number of aliphatic hydroxyl groups is 3. The normalized spacial score (nSPS) is 24.6. The van der Waals surface area contributed by atoms with Gasteiger partial charge < -0.3 is 44.4 Å². The maximum absolute atomic E-state index is 15.2. The average molecular weight is 628 g/mol. The van der Waals surface area contributed by atoms with Gasteiger partial charge in [0.1, 0.15) is 18.5 Å². The minimum atomic E-state index is -1.74. The number of aromatic amines is 1. The van der Waals surface area contributed by atoms with Crippen molar-refractivity contribution in [2.75, 3.05) is 33.4 Å². The first-order valence-electron chi connectivity index (χ1n) is 14.8. The third-order valence-corrected chi connectivity index (χ3v) is 8.76. The standard InChI is InChI=1S/C31H35FN4O9/c1-16-12-17-19(35-16)6-7-21(24(17)32)44-29-18-13-22(42-2)23(14-20(18)33-15-34-29)43-11-5-10-36(8-3-4-9-36)30-27(39)25(37)26(38)28(45-30)31(40)41/h6-7,12-15,25-28,30,35,37-39H,3-5,8-11H2,1-2H3/p+1/t25-,26-,27+,28-,30-/m0/s1. The number of carbonyl (C=O) groups is 1. The summed E-state index contributed by atoms with van der Waals surface area (Å²) in [6.45, 7) is 3.80. The molecule has 6 rings (SSSR count). The molecule has 2 aliphatic rings. The molecule has 2 aromatic heterocycles. The van der Waals surface area contributed by atoms with Crippen LogP contribution in [0.2, 0.25) is 0 Å². The summed E-state index contributed by atoms with van der Waals surface area (Å²) in [4.78, 5) is 23.3. The molecule has 240 valence electrons. The van der Waals surface area contributed by atoms with Crippen LogP contribution in [0.5, 0.6) is 23.1 Å². The number of nitrogens with one attached hydrogen (secondary N) is 1. The van der Waals surface area contributed by atoms with E-state index in [9.17, 15) is 25.2 Å². The number of aromatic nitrogens is 3. The van der Waals surface area contributed by atoms with Crippen molar-refractivity contribution in [3.63, 3.8) is 0 Å². The van der Waals surface area contributed by atoms with Gasteiger partial charge in [-0.05, 0) is 31.2 Å². The van der Waals surface area contributed by atoms with E-state index in [0.29, 0.717) is 59.4 Å². The first-order valence-corrected chi connectivity index (χ1v) is 14.8.